The molecule has 0 bridgehead atoms. The highest BCUT2D eigenvalue weighted by Gasteiger charge is 2.26. The molecule has 2 N–H and O–H groups in total. The van der Waals surface area contributed by atoms with E-state index in [-0.39, 0.29) is 12.5 Å². The van der Waals surface area contributed by atoms with Gasteiger partial charge in [0.2, 0.25) is 0 Å². The van der Waals surface area contributed by atoms with Crippen LogP contribution >= 0.6 is 0 Å². The normalized spacial score (nSPS) is 14.3. The molecule has 102 valence electrons. The van der Waals surface area contributed by atoms with Crippen molar-refractivity contribution >= 4 is 16.9 Å². The minimum absolute atomic E-state index is 0.103. The zero-order chi connectivity index (χ0) is 14.0. The van der Waals surface area contributed by atoms with Gasteiger partial charge in [0.15, 0.2) is 5.76 Å². The van der Waals surface area contributed by atoms with Gasteiger partial charge in [0, 0.05) is 10.9 Å². The number of rotatable bonds is 4. The number of para-hydroxylation sites is 1. The van der Waals surface area contributed by atoms with E-state index in [2.05, 4.69) is 5.32 Å². The Kier molecular flexibility index (Phi) is 3.62. The van der Waals surface area contributed by atoms with Crippen LogP contribution < -0.4 is 5.32 Å². The maximum absolute atomic E-state index is 12.3. The van der Waals surface area contributed by atoms with Crippen LogP contribution in [0.15, 0.2) is 28.7 Å². The molecule has 0 saturated heterocycles. The van der Waals surface area contributed by atoms with Gasteiger partial charge < -0.3 is 14.8 Å². The van der Waals surface area contributed by atoms with Gasteiger partial charge in [-0.05, 0) is 26.3 Å². The van der Waals surface area contributed by atoms with Gasteiger partial charge in [0.25, 0.3) is 5.91 Å². The van der Waals surface area contributed by atoms with E-state index in [0.29, 0.717) is 17.8 Å². The van der Waals surface area contributed by atoms with Gasteiger partial charge in [-0.2, -0.15) is 0 Å². The SMILES string of the molecule is CCC(C)(CO)NC(=O)c1oc2ccccc2c1C. The van der Waals surface area contributed by atoms with E-state index in [1.165, 1.54) is 0 Å². The molecule has 1 unspecified atom stereocenters. The summed E-state index contributed by atoms with van der Waals surface area (Å²) in [6.07, 6.45) is 0.647. The minimum Gasteiger partial charge on any atom is -0.451 e. The second kappa shape index (κ2) is 5.05. The fraction of sp³-hybridized carbons (Fsp3) is 0.400. The molecule has 0 radical (unpaired) electrons. The maximum atomic E-state index is 12.3. The number of aryl methyl sites for hydroxylation is 1. The predicted octanol–water partition coefficient (Wildman–Crippen LogP) is 2.63. The van der Waals surface area contributed by atoms with Crippen LogP contribution in [0.2, 0.25) is 0 Å². The van der Waals surface area contributed by atoms with E-state index in [0.717, 1.165) is 10.9 Å². The monoisotopic (exact) mass is 261 g/mol. The van der Waals surface area contributed by atoms with Gasteiger partial charge in [-0.1, -0.05) is 25.1 Å². The summed E-state index contributed by atoms with van der Waals surface area (Å²) in [5.74, 6) is 0.0291. The van der Waals surface area contributed by atoms with Gasteiger partial charge in [-0.3, -0.25) is 4.79 Å². The number of aliphatic hydroxyl groups is 1. The van der Waals surface area contributed by atoms with Crippen LogP contribution in [0.25, 0.3) is 11.0 Å². The van der Waals surface area contributed by atoms with Crippen LogP contribution in [0.1, 0.15) is 36.4 Å². The standard InChI is InChI=1S/C15H19NO3/c1-4-15(3,9-17)16-14(18)13-10(2)11-7-5-6-8-12(11)19-13/h5-8,17H,4,9H2,1-3H3,(H,16,18). The van der Waals surface area contributed by atoms with Crippen molar-refractivity contribution in [2.24, 2.45) is 0 Å². The Hall–Kier alpha value is -1.81. The van der Waals surface area contributed by atoms with Crippen LogP contribution in [-0.4, -0.2) is 23.2 Å². The van der Waals surface area contributed by atoms with Crippen molar-refractivity contribution in [1.82, 2.24) is 5.32 Å². The summed E-state index contributed by atoms with van der Waals surface area (Å²) < 4.78 is 5.60. The van der Waals surface area contributed by atoms with Crippen molar-refractivity contribution in [3.05, 3.63) is 35.6 Å². The smallest absolute Gasteiger partial charge is 0.287 e. The molecule has 0 fully saturated rings. The lowest BCUT2D eigenvalue weighted by Crippen LogP contribution is -2.48. The Labute approximate surface area is 112 Å². The van der Waals surface area contributed by atoms with Crippen LogP contribution in [0.3, 0.4) is 0 Å². The number of nitrogens with one attached hydrogen (secondary N) is 1. The zero-order valence-electron chi connectivity index (χ0n) is 11.5. The van der Waals surface area contributed by atoms with E-state index in [1.54, 1.807) is 0 Å². The van der Waals surface area contributed by atoms with E-state index >= 15 is 0 Å². The van der Waals surface area contributed by atoms with E-state index in [9.17, 15) is 9.90 Å². The first-order valence-corrected chi connectivity index (χ1v) is 6.42. The molecule has 2 aromatic rings. The third-order valence-corrected chi connectivity index (χ3v) is 3.59. The number of hydrogen-bond donors (Lipinski definition) is 2. The Morgan fingerprint density at radius 3 is 2.68 bits per heavy atom. The number of aliphatic hydroxyl groups excluding tert-OH is 1. The van der Waals surface area contributed by atoms with Crippen molar-refractivity contribution in [3.63, 3.8) is 0 Å². The number of furan rings is 1. The zero-order valence-corrected chi connectivity index (χ0v) is 11.5. The molecule has 1 amide bonds. The Balaban J connectivity index is 2.34. The van der Waals surface area contributed by atoms with Crippen LogP contribution in [0.4, 0.5) is 0 Å². The molecule has 2 rings (SSSR count). The van der Waals surface area contributed by atoms with E-state index < -0.39 is 5.54 Å². The molecular formula is C15H19NO3. The third kappa shape index (κ3) is 2.49. The van der Waals surface area contributed by atoms with Crippen molar-refractivity contribution in [2.45, 2.75) is 32.7 Å². The van der Waals surface area contributed by atoms with E-state index in [1.807, 2.05) is 45.0 Å². The van der Waals surface area contributed by atoms with Crippen LogP contribution in [0, 0.1) is 6.92 Å². The van der Waals surface area contributed by atoms with Crippen molar-refractivity contribution in [2.75, 3.05) is 6.61 Å². The molecule has 0 aliphatic carbocycles. The molecule has 4 nitrogen and oxygen atoms in total. The van der Waals surface area contributed by atoms with E-state index in [4.69, 9.17) is 4.42 Å². The van der Waals surface area contributed by atoms with Crippen LogP contribution in [0.5, 0.6) is 0 Å². The molecular weight excluding hydrogens is 242 g/mol. The van der Waals surface area contributed by atoms with Crippen molar-refractivity contribution in [1.29, 1.82) is 0 Å². The highest BCUT2D eigenvalue weighted by Crippen LogP contribution is 2.25. The molecule has 4 heteroatoms. The molecule has 1 aromatic heterocycles. The molecule has 0 saturated carbocycles. The first-order valence-electron chi connectivity index (χ1n) is 6.42. The highest BCUT2D eigenvalue weighted by molar-refractivity contribution is 5.99. The Morgan fingerprint density at radius 2 is 2.11 bits per heavy atom. The summed E-state index contributed by atoms with van der Waals surface area (Å²) in [6.45, 7) is 5.49. The van der Waals surface area contributed by atoms with Gasteiger partial charge in [-0.25, -0.2) is 0 Å². The lowest BCUT2D eigenvalue weighted by atomic mass is 10.00. The summed E-state index contributed by atoms with van der Waals surface area (Å²) in [5.41, 5.74) is 0.902. The summed E-state index contributed by atoms with van der Waals surface area (Å²) in [4.78, 5) is 12.3. The lowest BCUT2D eigenvalue weighted by molar-refractivity contribution is 0.0821. The summed E-state index contributed by atoms with van der Waals surface area (Å²) >= 11 is 0. The van der Waals surface area contributed by atoms with Crippen molar-refractivity contribution in [3.8, 4) is 0 Å². The Morgan fingerprint density at radius 1 is 1.42 bits per heavy atom. The number of hydrogen-bond acceptors (Lipinski definition) is 3. The number of carbonyl (C=O) groups is 1. The second-order valence-corrected chi connectivity index (χ2v) is 5.08. The van der Waals surface area contributed by atoms with Crippen molar-refractivity contribution < 1.29 is 14.3 Å². The summed E-state index contributed by atoms with van der Waals surface area (Å²) in [6, 6.07) is 7.55. The van der Waals surface area contributed by atoms with Gasteiger partial charge >= 0.3 is 0 Å². The number of amides is 1. The summed E-state index contributed by atoms with van der Waals surface area (Å²) in [7, 11) is 0. The first-order chi connectivity index (χ1) is 9.00. The molecule has 0 aliphatic rings. The predicted molar refractivity (Wildman–Crippen MR) is 74.2 cm³/mol. The molecule has 0 aliphatic heterocycles. The molecule has 1 aromatic carbocycles. The fourth-order valence-corrected chi connectivity index (χ4v) is 1.96. The quantitative estimate of drug-likeness (QED) is 0.889. The maximum Gasteiger partial charge on any atom is 0.287 e. The number of benzene rings is 1. The lowest BCUT2D eigenvalue weighted by Gasteiger charge is -2.26. The van der Waals surface area contributed by atoms with Crippen LogP contribution in [-0.2, 0) is 0 Å². The Bertz CT molecular complexity index is 596. The van der Waals surface area contributed by atoms with Gasteiger partial charge in [-0.15, -0.1) is 0 Å². The fourth-order valence-electron chi connectivity index (χ4n) is 1.96. The molecule has 1 atom stereocenters. The molecule has 1 heterocycles. The molecule has 0 spiro atoms. The summed E-state index contributed by atoms with van der Waals surface area (Å²) in [5, 5.41) is 13.1. The first kappa shape index (κ1) is 13.6. The third-order valence-electron chi connectivity index (χ3n) is 3.59. The topological polar surface area (TPSA) is 62.5 Å². The average molecular weight is 261 g/mol. The number of carbonyl (C=O) groups excluding carboxylic acids is 1. The average Bonchev–Trinajstić information content (AvgIpc) is 2.76. The second-order valence-electron chi connectivity index (χ2n) is 5.08. The number of fused-ring (bicyclic) bond motifs is 1. The van der Waals surface area contributed by atoms with Gasteiger partial charge in [0.1, 0.15) is 5.58 Å². The minimum atomic E-state index is -0.623. The van der Waals surface area contributed by atoms with Gasteiger partial charge in [0.05, 0.1) is 12.1 Å². The largest absolute Gasteiger partial charge is 0.451 e. The molecule has 19 heavy (non-hydrogen) atoms. The highest BCUT2D eigenvalue weighted by atomic mass is 16.3.